The van der Waals surface area contributed by atoms with Crippen molar-refractivity contribution in [1.82, 2.24) is 19.9 Å². The number of benzene rings is 1. The number of halogens is 3. The van der Waals surface area contributed by atoms with E-state index >= 15 is 0 Å². The van der Waals surface area contributed by atoms with Crippen LogP contribution in [0, 0.1) is 6.92 Å². The van der Waals surface area contributed by atoms with Crippen LogP contribution in [0.5, 0.6) is 0 Å². The number of nitrogens with one attached hydrogen (secondary N) is 1. The number of rotatable bonds is 4. The van der Waals surface area contributed by atoms with Gasteiger partial charge in [0.15, 0.2) is 5.82 Å². The maximum Gasteiger partial charge on any atom is 0.501 e. The molecule has 0 bridgehead atoms. The Balaban J connectivity index is 1.83. The van der Waals surface area contributed by atoms with E-state index < -0.39 is 26.1 Å². The van der Waals surface area contributed by atoms with E-state index in [9.17, 15) is 26.4 Å². The van der Waals surface area contributed by atoms with Crippen LogP contribution in [0.3, 0.4) is 0 Å². The van der Waals surface area contributed by atoms with Crippen LogP contribution < -0.4 is 5.32 Å². The summed E-state index contributed by atoms with van der Waals surface area (Å²) in [6.07, 6.45) is 1.54. The average Bonchev–Trinajstić information content (AvgIpc) is 2.67. The van der Waals surface area contributed by atoms with Crippen LogP contribution in [0.25, 0.3) is 11.5 Å². The third-order valence-electron chi connectivity index (χ3n) is 3.60. The summed E-state index contributed by atoms with van der Waals surface area (Å²) in [4.78, 5) is 27.7. The number of nitrogens with zero attached hydrogens (tertiary/aromatic N) is 4. The van der Waals surface area contributed by atoms with Crippen LogP contribution in [0.15, 0.2) is 53.6 Å². The highest BCUT2D eigenvalue weighted by atomic mass is 32.2. The number of anilines is 1. The predicted octanol–water partition coefficient (Wildman–Crippen LogP) is 2.79. The van der Waals surface area contributed by atoms with Crippen molar-refractivity contribution in [1.29, 1.82) is 0 Å². The Labute approximate surface area is 162 Å². The van der Waals surface area contributed by atoms with Crippen molar-refractivity contribution in [2.45, 2.75) is 17.3 Å². The van der Waals surface area contributed by atoms with Gasteiger partial charge in [-0.2, -0.15) is 23.1 Å². The zero-order valence-corrected chi connectivity index (χ0v) is 15.5. The third-order valence-corrected chi connectivity index (χ3v) is 5.10. The monoisotopic (exact) mass is 423 g/mol. The molecule has 3 rings (SSSR count). The molecular formula is C17H12F3N5O3S. The number of sulfone groups is 1. The Bertz CT molecular complexity index is 1150. The lowest BCUT2D eigenvalue weighted by Gasteiger charge is -2.09. The molecule has 0 saturated carbocycles. The number of aromatic nitrogens is 4. The minimum absolute atomic E-state index is 0.0800. The number of pyridine rings is 1. The molecule has 3 aromatic rings. The molecule has 0 radical (unpaired) electrons. The second-order valence-electron chi connectivity index (χ2n) is 5.67. The van der Waals surface area contributed by atoms with E-state index in [0.717, 1.165) is 12.1 Å². The molecule has 0 aliphatic rings. The van der Waals surface area contributed by atoms with Crippen molar-refractivity contribution in [2.75, 3.05) is 5.32 Å². The molecule has 0 unspecified atom stereocenters. The van der Waals surface area contributed by atoms with E-state index in [1.165, 1.54) is 0 Å². The van der Waals surface area contributed by atoms with E-state index in [1.807, 2.05) is 0 Å². The molecule has 2 heterocycles. The standard InChI is InChI=1S/C17H12F3N5O3S/c1-10-22-14(13-4-2-3-9-21-13)24-16(23-10)25-15(26)11-5-7-12(8-6-11)29(27,28)17(18,19)20/h2-9H,1H3,(H,22,23,24,25,26). The lowest BCUT2D eigenvalue weighted by Crippen LogP contribution is -2.23. The molecule has 1 aromatic carbocycles. The lowest BCUT2D eigenvalue weighted by molar-refractivity contribution is -0.0436. The van der Waals surface area contributed by atoms with Crippen LogP contribution in [-0.2, 0) is 9.84 Å². The highest BCUT2D eigenvalue weighted by Gasteiger charge is 2.46. The summed E-state index contributed by atoms with van der Waals surface area (Å²) in [6.45, 7) is 1.58. The molecule has 0 aliphatic heterocycles. The molecule has 2 aromatic heterocycles. The number of amides is 1. The summed E-state index contributed by atoms with van der Waals surface area (Å²) < 4.78 is 60.5. The van der Waals surface area contributed by atoms with E-state index in [2.05, 4.69) is 25.3 Å². The van der Waals surface area contributed by atoms with Gasteiger partial charge in [-0.05, 0) is 43.3 Å². The maximum absolute atomic E-state index is 12.6. The molecular weight excluding hydrogens is 411 g/mol. The first kappa shape index (κ1) is 20.3. The van der Waals surface area contributed by atoms with Gasteiger partial charge in [0.05, 0.1) is 4.90 Å². The van der Waals surface area contributed by atoms with Gasteiger partial charge in [-0.1, -0.05) is 6.07 Å². The second kappa shape index (κ2) is 7.54. The molecule has 0 aliphatic carbocycles. The largest absolute Gasteiger partial charge is 0.501 e. The number of alkyl halides is 3. The van der Waals surface area contributed by atoms with E-state index in [0.29, 0.717) is 23.7 Å². The van der Waals surface area contributed by atoms with E-state index in [-0.39, 0.29) is 17.3 Å². The van der Waals surface area contributed by atoms with Gasteiger partial charge in [0.25, 0.3) is 15.7 Å². The third kappa shape index (κ3) is 4.37. The Morgan fingerprint density at radius 3 is 2.28 bits per heavy atom. The minimum Gasteiger partial charge on any atom is -0.290 e. The van der Waals surface area contributed by atoms with Crippen molar-refractivity contribution in [3.63, 3.8) is 0 Å². The molecule has 0 spiro atoms. The van der Waals surface area contributed by atoms with Gasteiger partial charge in [-0.25, -0.2) is 13.4 Å². The summed E-state index contributed by atoms with van der Waals surface area (Å²) in [5, 5.41) is 2.40. The second-order valence-corrected chi connectivity index (χ2v) is 7.61. The number of carbonyl (C=O) groups is 1. The number of aryl methyl sites for hydroxylation is 1. The van der Waals surface area contributed by atoms with Crippen LogP contribution in [0.2, 0.25) is 0 Å². The fourth-order valence-corrected chi connectivity index (χ4v) is 3.00. The first-order valence-corrected chi connectivity index (χ1v) is 9.43. The Hall–Kier alpha value is -3.41. The first-order valence-electron chi connectivity index (χ1n) is 7.95. The highest BCUT2D eigenvalue weighted by molar-refractivity contribution is 7.92. The smallest absolute Gasteiger partial charge is 0.290 e. The quantitative estimate of drug-likeness (QED) is 0.686. The molecule has 0 saturated heterocycles. The van der Waals surface area contributed by atoms with Crippen molar-refractivity contribution in [3.8, 4) is 11.5 Å². The van der Waals surface area contributed by atoms with Crippen LogP contribution in [0.1, 0.15) is 16.2 Å². The summed E-state index contributed by atoms with van der Waals surface area (Å²) in [6, 6.07) is 8.44. The summed E-state index contributed by atoms with van der Waals surface area (Å²) in [5.41, 5.74) is -5.06. The molecule has 29 heavy (non-hydrogen) atoms. The predicted molar refractivity (Wildman–Crippen MR) is 95.4 cm³/mol. The molecule has 0 fully saturated rings. The fraction of sp³-hybridized carbons (Fsp3) is 0.118. The van der Waals surface area contributed by atoms with Crippen LogP contribution in [0.4, 0.5) is 19.1 Å². The summed E-state index contributed by atoms with van der Waals surface area (Å²) in [5.74, 6) is -0.295. The molecule has 12 heteroatoms. The minimum atomic E-state index is -5.49. The molecule has 1 amide bonds. The average molecular weight is 423 g/mol. The topological polar surface area (TPSA) is 115 Å². The Morgan fingerprint density at radius 1 is 1.00 bits per heavy atom. The van der Waals surface area contributed by atoms with E-state index in [1.54, 1.807) is 31.3 Å². The molecule has 150 valence electrons. The maximum atomic E-state index is 12.6. The van der Waals surface area contributed by atoms with Crippen molar-refractivity contribution in [2.24, 2.45) is 0 Å². The molecule has 0 atom stereocenters. The van der Waals surface area contributed by atoms with Gasteiger partial charge in [0, 0.05) is 11.8 Å². The summed E-state index contributed by atoms with van der Waals surface area (Å²) >= 11 is 0. The van der Waals surface area contributed by atoms with Gasteiger partial charge >= 0.3 is 5.51 Å². The first-order chi connectivity index (χ1) is 13.6. The number of carbonyl (C=O) groups excluding carboxylic acids is 1. The number of hydrogen-bond acceptors (Lipinski definition) is 7. The molecule has 8 nitrogen and oxygen atoms in total. The zero-order valence-electron chi connectivity index (χ0n) is 14.7. The van der Waals surface area contributed by atoms with Gasteiger partial charge in [0.2, 0.25) is 5.95 Å². The Kier molecular flexibility index (Phi) is 5.29. The SMILES string of the molecule is Cc1nc(NC(=O)c2ccc(S(=O)(=O)C(F)(F)F)cc2)nc(-c2ccccn2)n1. The molecule has 1 N–H and O–H groups in total. The van der Waals surface area contributed by atoms with Gasteiger partial charge in [-0.3, -0.25) is 15.1 Å². The number of hydrogen-bond donors (Lipinski definition) is 1. The van der Waals surface area contributed by atoms with Crippen molar-refractivity contribution >= 4 is 21.7 Å². The lowest BCUT2D eigenvalue weighted by atomic mass is 10.2. The van der Waals surface area contributed by atoms with Crippen LogP contribution >= 0.6 is 0 Å². The fourth-order valence-electron chi connectivity index (χ4n) is 2.24. The van der Waals surface area contributed by atoms with E-state index in [4.69, 9.17) is 0 Å². The summed E-state index contributed by atoms with van der Waals surface area (Å²) in [7, 11) is -5.49. The highest BCUT2D eigenvalue weighted by Crippen LogP contribution is 2.30. The van der Waals surface area contributed by atoms with Crippen molar-refractivity contribution < 1.29 is 26.4 Å². The Morgan fingerprint density at radius 2 is 1.69 bits per heavy atom. The zero-order chi connectivity index (χ0) is 21.2. The normalized spacial score (nSPS) is 11.9. The van der Waals surface area contributed by atoms with Crippen molar-refractivity contribution in [3.05, 3.63) is 60.0 Å². The van der Waals surface area contributed by atoms with Gasteiger partial charge in [0.1, 0.15) is 11.5 Å². The van der Waals surface area contributed by atoms with Crippen LogP contribution in [-0.4, -0.2) is 39.8 Å². The van der Waals surface area contributed by atoms with Gasteiger partial charge < -0.3 is 0 Å². The van der Waals surface area contributed by atoms with Gasteiger partial charge in [-0.15, -0.1) is 0 Å².